The van der Waals surface area contributed by atoms with Crippen LogP contribution in [-0.4, -0.2) is 28.6 Å². The largest absolute Gasteiger partial charge is 0.392 e. The summed E-state index contributed by atoms with van der Waals surface area (Å²) in [5, 5.41) is 9.07. The summed E-state index contributed by atoms with van der Waals surface area (Å²) < 4.78 is 0. The molecule has 1 aromatic carbocycles. The first-order valence-electron chi connectivity index (χ1n) is 8.58. The van der Waals surface area contributed by atoms with Crippen molar-refractivity contribution in [2.75, 3.05) is 6.54 Å². The van der Waals surface area contributed by atoms with E-state index in [2.05, 4.69) is 42.2 Å². The zero-order valence-electron chi connectivity index (χ0n) is 13.5. The van der Waals surface area contributed by atoms with Crippen molar-refractivity contribution in [1.29, 1.82) is 0 Å². The summed E-state index contributed by atoms with van der Waals surface area (Å²) in [6.07, 6.45) is 13.7. The lowest BCUT2D eigenvalue weighted by Crippen LogP contribution is -2.38. The van der Waals surface area contributed by atoms with Crippen molar-refractivity contribution in [1.82, 2.24) is 4.90 Å². The van der Waals surface area contributed by atoms with Gasteiger partial charge < -0.3 is 5.11 Å². The molecule has 3 rings (SSSR count). The fraction of sp³-hybridized carbons (Fsp3) is 0.500. The summed E-state index contributed by atoms with van der Waals surface area (Å²) in [6.45, 7) is 3.60. The first-order chi connectivity index (χ1) is 10.8. The van der Waals surface area contributed by atoms with Crippen LogP contribution in [-0.2, 0) is 6.61 Å². The van der Waals surface area contributed by atoms with Crippen LogP contribution in [0.15, 0.2) is 42.0 Å². The second-order valence-electron chi connectivity index (χ2n) is 6.68. The number of piperidine rings is 1. The van der Waals surface area contributed by atoms with Crippen molar-refractivity contribution < 1.29 is 5.11 Å². The van der Waals surface area contributed by atoms with Crippen LogP contribution in [0.4, 0.5) is 0 Å². The van der Waals surface area contributed by atoms with Gasteiger partial charge >= 0.3 is 0 Å². The van der Waals surface area contributed by atoms with Gasteiger partial charge in [-0.25, -0.2) is 0 Å². The number of rotatable bonds is 4. The standard InChI is InChI=1S/C20H27NO/c1-16(5-6-17-7-9-18(15-22)10-8-17)14-20-12-11-19-4-2-3-13-21(19)20/h5-10,14,19-20,22H,2-4,11-13,15H2,1H3/b6-5?,16-14+. The van der Waals surface area contributed by atoms with E-state index in [4.69, 9.17) is 5.11 Å². The lowest BCUT2D eigenvalue weighted by molar-refractivity contribution is 0.169. The van der Waals surface area contributed by atoms with Crippen LogP contribution in [0, 0.1) is 0 Å². The van der Waals surface area contributed by atoms with Crippen molar-refractivity contribution in [3.8, 4) is 0 Å². The van der Waals surface area contributed by atoms with Gasteiger partial charge in [-0.3, -0.25) is 4.90 Å². The smallest absolute Gasteiger partial charge is 0.0681 e. The molecular formula is C20H27NO. The number of hydrogen-bond acceptors (Lipinski definition) is 2. The van der Waals surface area contributed by atoms with Gasteiger partial charge in [-0.2, -0.15) is 0 Å². The Bertz CT molecular complexity index is 543. The molecule has 0 aliphatic carbocycles. The Labute approximate surface area is 134 Å². The van der Waals surface area contributed by atoms with Gasteiger partial charge in [0, 0.05) is 12.1 Å². The minimum Gasteiger partial charge on any atom is -0.392 e. The van der Waals surface area contributed by atoms with Crippen LogP contribution < -0.4 is 0 Å². The van der Waals surface area contributed by atoms with Crippen LogP contribution in [0.1, 0.15) is 50.2 Å². The third kappa shape index (κ3) is 3.68. The molecule has 2 aliphatic heterocycles. The van der Waals surface area contributed by atoms with E-state index in [-0.39, 0.29) is 6.61 Å². The summed E-state index contributed by atoms with van der Waals surface area (Å²) in [6, 6.07) is 9.57. The first-order valence-corrected chi connectivity index (χ1v) is 8.58. The van der Waals surface area contributed by atoms with Crippen LogP contribution in [0.5, 0.6) is 0 Å². The molecular weight excluding hydrogens is 270 g/mol. The van der Waals surface area contributed by atoms with Gasteiger partial charge in [0.1, 0.15) is 0 Å². The fourth-order valence-corrected chi connectivity index (χ4v) is 3.80. The maximum atomic E-state index is 9.07. The number of aliphatic hydroxyl groups excluding tert-OH is 1. The van der Waals surface area contributed by atoms with Crippen molar-refractivity contribution in [3.05, 3.63) is 53.1 Å². The predicted molar refractivity (Wildman–Crippen MR) is 92.5 cm³/mol. The van der Waals surface area contributed by atoms with E-state index in [1.165, 1.54) is 49.8 Å². The molecule has 2 aliphatic rings. The maximum absolute atomic E-state index is 9.07. The monoisotopic (exact) mass is 297 g/mol. The molecule has 2 heterocycles. The van der Waals surface area contributed by atoms with Crippen molar-refractivity contribution >= 4 is 6.08 Å². The van der Waals surface area contributed by atoms with Crippen LogP contribution in [0.25, 0.3) is 6.08 Å². The number of fused-ring (bicyclic) bond motifs is 1. The summed E-state index contributed by atoms with van der Waals surface area (Å²) in [5.41, 5.74) is 3.50. The molecule has 2 nitrogen and oxygen atoms in total. The van der Waals surface area contributed by atoms with E-state index in [0.29, 0.717) is 6.04 Å². The van der Waals surface area contributed by atoms with Crippen LogP contribution in [0.2, 0.25) is 0 Å². The minimum absolute atomic E-state index is 0.113. The Kier molecular flexibility index (Phi) is 5.12. The molecule has 2 atom stereocenters. The zero-order chi connectivity index (χ0) is 15.4. The Morgan fingerprint density at radius 1 is 1.18 bits per heavy atom. The van der Waals surface area contributed by atoms with Gasteiger partial charge in [0.25, 0.3) is 0 Å². The molecule has 1 aromatic rings. The van der Waals surface area contributed by atoms with Gasteiger partial charge in [0.15, 0.2) is 0 Å². The van der Waals surface area contributed by atoms with Crippen LogP contribution >= 0.6 is 0 Å². The highest BCUT2D eigenvalue weighted by molar-refractivity contribution is 5.53. The molecule has 2 unspecified atom stereocenters. The van der Waals surface area contributed by atoms with Crippen molar-refractivity contribution in [3.63, 3.8) is 0 Å². The average molecular weight is 297 g/mol. The average Bonchev–Trinajstić information content (AvgIpc) is 2.97. The topological polar surface area (TPSA) is 23.5 Å². The maximum Gasteiger partial charge on any atom is 0.0681 e. The van der Waals surface area contributed by atoms with E-state index in [9.17, 15) is 0 Å². The Balaban J connectivity index is 1.62. The van der Waals surface area contributed by atoms with Crippen molar-refractivity contribution in [2.45, 2.75) is 57.7 Å². The summed E-state index contributed by atoms with van der Waals surface area (Å²) in [4.78, 5) is 2.72. The molecule has 0 spiro atoms. The van der Waals surface area contributed by atoms with Gasteiger partial charge in [0.2, 0.25) is 0 Å². The van der Waals surface area contributed by atoms with E-state index in [1.54, 1.807) is 0 Å². The van der Waals surface area contributed by atoms with E-state index in [0.717, 1.165) is 11.6 Å². The predicted octanol–water partition coefficient (Wildman–Crippen LogP) is 4.16. The molecule has 0 saturated carbocycles. The molecule has 118 valence electrons. The fourth-order valence-electron chi connectivity index (χ4n) is 3.80. The molecule has 0 amide bonds. The normalized spacial score (nSPS) is 26.5. The summed E-state index contributed by atoms with van der Waals surface area (Å²) in [7, 11) is 0. The second-order valence-corrected chi connectivity index (χ2v) is 6.68. The lowest BCUT2D eigenvalue weighted by Gasteiger charge is -2.33. The van der Waals surface area contributed by atoms with E-state index in [1.807, 2.05) is 12.1 Å². The molecule has 2 heteroatoms. The molecule has 0 aromatic heterocycles. The quantitative estimate of drug-likeness (QED) is 0.844. The summed E-state index contributed by atoms with van der Waals surface area (Å²) >= 11 is 0. The molecule has 0 bridgehead atoms. The second kappa shape index (κ2) is 7.26. The summed E-state index contributed by atoms with van der Waals surface area (Å²) in [5.74, 6) is 0. The number of nitrogens with zero attached hydrogens (tertiary/aromatic N) is 1. The Morgan fingerprint density at radius 3 is 2.77 bits per heavy atom. The third-order valence-corrected chi connectivity index (χ3v) is 5.05. The molecule has 2 fully saturated rings. The Hall–Kier alpha value is -1.38. The molecule has 0 radical (unpaired) electrons. The molecule has 2 saturated heterocycles. The highest BCUT2D eigenvalue weighted by Crippen LogP contribution is 2.32. The van der Waals surface area contributed by atoms with E-state index < -0.39 is 0 Å². The van der Waals surface area contributed by atoms with Gasteiger partial charge in [-0.1, -0.05) is 54.5 Å². The number of hydrogen-bond donors (Lipinski definition) is 1. The van der Waals surface area contributed by atoms with Gasteiger partial charge in [-0.15, -0.1) is 0 Å². The number of aliphatic hydroxyl groups is 1. The first kappa shape index (κ1) is 15.5. The highest BCUT2D eigenvalue weighted by atomic mass is 16.3. The molecule has 1 N–H and O–H groups in total. The highest BCUT2D eigenvalue weighted by Gasteiger charge is 2.33. The minimum atomic E-state index is 0.113. The SMILES string of the molecule is C/C(C=Cc1ccc(CO)cc1)=C\C1CCC2CCCCN12. The van der Waals surface area contributed by atoms with Crippen LogP contribution in [0.3, 0.4) is 0 Å². The zero-order valence-corrected chi connectivity index (χ0v) is 13.5. The number of allylic oxidation sites excluding steroid dienone is 2. The lowest BCUT2D eigenvalue weighted by atomic mass is 10.0. The van der Waals surface area contributed by atoms with Gasteiger partial charge in [-0.05, 0) is 50.3 Å². The van der Waals surface area contributed by atoms with Gasteiger partial charge in [0.05, 0.1) is 6.61 Å². The number of benzene rings is 1. The molecule has 22 heavy (non-hydrogen) atoms. The van der Waals surface area contributed by atoms with Crippen molar-refractivity contribution in [2.24, 2.45) is 0 Å². The van der Waals surface area contributed by atoms with E-state index >= 15 is 0 Å². The Morgan fingerprint density at radius 2 is 2.00 bits per heavy atom. The third-order valence-electron chi connectivity index (χ3n) is 5.05.